The zero-order valence-corrected chi connectivity index (χ0v) is 33.5. The van der Waals surface area contributed by atoms with Gasteiger partial charge in [0.2, 0.25) is 0 Å². The van der Waals surface area contributed by atoms with Crippen LogP contribution in [-0.4, -0.2) is 24.9 Å². The summed E-state index contributed by atoms with van der Waals surface area (Å²) in [5.41, 5.74) is 13.8. The number of hydrogen-bond donors (Lipinski definition) is 0. The highest BCUT2D eigenvalue weighted by Gasteiger charge is 2.20. The summed E-state index contributed by atoms with van der Waals surface area (Å²) in [5, 5.41) is 9.59. The van der Waals surface area contributed by atoms with E-state index < -0.39 is 0 Å². The van der Waals surface area contributed by atoms with E-state index in [4.69, 9.17) is 24.9 Å². The van der Waals surface area contributed by atoms with E-state index in [0.717, 1.165) is 78.1 Å². The highest BCUT2D eigenvalue weighted by molar-refractivity contribution is 5.95. The first kappa shape index (κ1) is 37.6. The predicted molar refractivity (Wildman–Crippen MR) is 249 cm³/mol. The first-order valence-corrected chi connectivity index (χ1v) is 20.4. The molecule has 0 unspecified atom stereocenters. The Balaban J connectivity index is 1.12. The predicted octanol–water partition coefficient (Wildman–Crippen LogP) is 13.5. The summed E-state index contributed by atoms with van der Waals surface area (Å²) in [6.07, 6.45) is 0. The smallest absolute Gasteiger partial charge is 0.164 e. The van der Waals surface area contributed by atoms with Crippen LogP contribution in [0.4, 0.5) is 0 Å². The fourth-order valence-corrected chi connectivity index (χ4v) is 7.81. The number of nitrogens with zero attached hydrogens (tertiary/aromatic N) is 6. The molecule has 0 aliphatic heterocycles. The topological polar surface area (TPSA) is 88.2 Å². The second kappa shape index (κ2) is 16.9. The SMILES string of the molecule is N#Cc1cccc(-c2cccc(-c3nc(-c4ccccc4)nc(-c4ccccc4-c4ccccc4-c4ccccc4-c4cc(-c5ccccc5)nc(-c5ccccc5)n4)n3)c2)c1. The van der Waals surface area contributed by atoms with E-state index in [0.29, 0.717) is 28.9 Å². The van der Waals surface area contributed by atoms with E-state index >= 15 is 0 Å². The van der Waals surface area contributed by atoms with Gasteiger partial charge in [-0.05, 0) is 57.6 Å². The molecule has 0 amide bonds. The molecule has 0 spiro atoms. The van der Waals surface area contributed by atoms with Crippen molar-refractivity contribution in [3.63, 3.8) is 0 Å². The maximum atomic E-state index is 9.59. The van der Waals surface area contributed by atoms with Crippen molar-refractivity contribution in [2.24, 2.45) is 0 Å². The molecule has 0 aliphatic carbocycles. The van der Waals surface area contributed by atoms with E-state index in [1.807, 2.05) is 127 Å². The van der Waals surface area contributed by atoms with Crippen LogP contribution in [0.15, 0.2) is 218 Å². The lowest BCUT2D eigenvalue weighted by molar-refractivity contribution is 1.07. The first-order valence-electron chi connectivity index (χ1n) is 20.4. The van der Waals surface area contributed by atoms with Gasteiger partial charge in [0.25, 0.3) is 0 Å². The van der Waals surface area contributed by atoms with Gasteiger partial charge in [0.05, 0.1) is 23.0 Å². The largest absolute Gasteiger partial charge is 0.228 e. The van der Waals surface area contributed by atoms with Gasteiger partial charge < -0.3 is 0 Å². The fourth-order valence-electron chi connectivity index (χ4n) is 7.81. The second-order valence-electron chi connectivity index (χ2n) is 14.8. The third kappa shape index (κ3) is 7.66. The standard InChI is InChI=1S/C56H36N6/c57-37-38-18-16-25-42(34-38)43-26-17-27-44(35-43)55-60-54(41-23-8-3-9-24-41)61-56(62-55)50-33-15-13-31-48(50)46-29-11-10-28-45(46)47-30-12-14-32-49(47)52-36-51(39-19-4-1-5-20-39)58-53(59-52)40-21-6-2-7-22-40/h1-36H. The highest BCUT2D eigenvalue weighted by Crippen LogP contribution is 2.42. The molecule has 0 N–H and O–H groups in total. The van der Waals surface area contributed by atoms with Crippen LogP contribution < -0.4 is 0 Å². The molecule has 0 aliphatic rings. The van der Waals surface area contributed by atoms with Gasteiger partial charge in [-0.25, -0.2) is 24.9 Å². The Morgan fingerprint density at radius 1 is 0.258 bits per heavy atom. The molecule has 10 rings (SSSR count). The quantitative estimate of drug-likeness (QED) is 0.145. The number of aromatic nitrogens is 5. The van der Waals surface area contributed by atoms with Gasteiger partial charge in [-0.3, -0.25) is 0 Å². The van der Waals surface area contributed by atoms with Crippen LogP contribution in [0.2, 0.25) is 0 Å². The average Bonchev–Trinajstić information content (AvgIpc) is 3.37. The molecule has 8 aromatic carbocycles. The average molecular weight is 793 g/mol. The molecule has 2 aromatic heterocycles. The summed E-state index contributed by atoms with van der Waals surface area (Å²) in [6.45, 7) is 0. The van der Waals surface area contributed by atoms with Gasteiger partial charge in [-0.2, -0.15) is 5.26 Å². The summed E-state index contributed by atoms with van der Waals surface area (Å²) in [6, 6.07) is 75.7. The Morgan fingerprint density at radius 3 is 1.24 bits per heavy atom. The van der Waals surface area contributed by atoms with E-state index in [-0.39, 0.29) is 0 Å². The van der Waals surface area contributed by atoms with Crippen LogP contribution in [0.1, 0.15) is 5.56 Å². The van der Waals surface area contributed by atoms with Crippen molar-refractivity contribution in [3.05, 3.63) is 224 Å². The van der Waals surface area contributed by atoms with Crippen molar-refractivity contribution in [2.45, 2.75) is 0 Å². The Morgan fingerprint density at radius 2 is 0.645 bits per heavy atom. The normalized spacial score (nSPS) is 10.9. The zero-order valence-electron chi connectivity index (χ0n) is 33.5. The zero-order chi connectivity index (χ0) is 41.7. The van der Waals surface area contributed by atoms with Crippen LogP contribution in [0, 0.1) is 11.3 Å². The molecular formula is C56H36N6. The summed E-state index contributed by atoms with van der Waals surface area (Å²) < 4.78 is 0. The molecule has 0 atom stereocenters. The maximum Gasteiger partial charge on any atom is 0.164 e. The van der Waals surface area contributed by atoms with Crippen molar-refractivity contribution in [1.29, 1.82) is 5.26 Å². The third-order valence-electron chi connectivity index (χ3n) is 10.8. The minimum atomic E-state index is 0.549. The summed E-state index contributed by atoms with van der Waals surface area (Å²) in [4.78, 5) is 25.7. The molecule has 62 heavy (non-hydrogen) atoms. The van der Waals surface area contributed by atoms with E-state index in [1.165, 1.54) is 0 Å². The van der Waals surface area contributed by atoms with Crippen LogP contribution >= 0.6 is 0 Å². The fraction of sp³-hybridized carbons (Fsp3) is 0. The highest BCUT2D eigenvalue weighted by atomic mass is 15.0. The molecule has 0 saturated heterocycles. The second-order valence-corrected chi connectivity index (χ2v) is 14.8. The molecular weight excluding hydrogens is 757 g/mol. The van der Waals surface area contributed by atoms with Gasteiger partial charge in [0.15, 0.2) is 23.3 Å². The molecule has 6 heteroatoms. The lowest BCUT2D eigenvalue weighted by Crippen LogP contribution is -2.01. The Hall–Kier alpha value is -8.66. The van der Waals surface area contributed by atoms with Crippen LogP contribution in [0.25, 0.3) is 101 Å². The van der Waals surface area contributed by atoms with Gasteiger partial charge in [0.1, 0.15) is 0 Å². The van der Waals surface area contributed by atoms with Crippen molar-refractivity contribution in [1.82, 2.24) is 24.9 Å². The van der Waals surface area contributed by atoms with Gasteiger partial charge >= 0.3 is 0 Å². The molecule has 6 nitrogen and oxygen atoms in total. The maximum absolute atomic E-state index is 9.59. The molecule has 2 heterocycles. The van der Waals surface area contributed by atoms with Crippen LogP contribution in [0.3, 0.4) is 0 Å². The Bertz CT molecular complexity index is 3190. The summed E-state index contributed by atoms with van der Waals surface area (Å²) in [5.74, 6) is 2.34. The number of hydrogen-bond acceptors (Lipinski definition) is 6. The number of rotatable bonds is 9. The molecule has 290 valence electrons. The number of nitriles is 1. The molecule has 0 bridgehead atoms. The third-order valence-corrected chi connectivity index (χ3v) is 10.8. The summed E-state index contributed by atoms with van der Waals surface area (Å²) >= 11 is 0. The lowest BCUT2D eigenvalue weighted by atomic mass is 9.88. The minimum absolute atomic E-state index is 0.549. The Labute approximate surface area is 360 Å². The monoisotopic (exact) mass is 792 g/mol. The van der Waals surface area contributed by atoms with Crippen molar-refractivity contribution >= 4 is 0 Å². The number of benzene rings is 8. The van der Waals surface area contributed by atoms with Crippen molar-refractivity contribution in [2.75, 3.05) is 0 Å². The van der Waals surface area contributed by atoms with E-state index in [9.17, 15) is 5.26 Å². The first-order chi connectivity index (χ1) is 30.7. The Kier molecular flexibility index (Phi) is 10.3. The molecule has 10 aromatic rings. The van der Waals surface area contributed by atoms with E-state index in [2.05, 4.69) is 97.1 Å². The molecule has 0 saturated carbocycles. The van der Waals surface area contributed by atoms with Crippen molar-refractivity contribution in [3.8, 4) is 108 Å². The van der Waals surface area contributed by atoms with Crippen LogP contribution in [-0.2, 0) is 0 Å². The summed E-state index contributed by atoms with van der Waals surface area (Å²) in [7, 11) is 0. The van der Waals surface area contributed by atoms with Gasteiger partial charge in [0, 0.05) is 33.4 Å². The van der Waals surface area contributed by atoms with Crippen LogP contribution in [0.5, 0.6) is 0 Å². The lowest BCUT2D eigenvalue weighted by Gasteiger charge is -2.17. The van der Waals surface area contributed by atoms with E-state index in [1.54, 1.807) is 0 Å². The minimum Gasteiger partial charge on any atom is -0.228 e. The van der Waals surface area contributed by atoms with Gasteiger partial charge in [-0.1, -0.05) is 194 Å². The molecule has 0 radical (unpaired) electrons. The molecule has 0 fully saturated rings. The van der Waals surface area contributed by atoms with Gasteiger partial charge in [-0.15, -0.1) is 0 Å². The van der Waals surface area contributed by atoms with Crippen molar-refractivity contribution < 1.29 is 0 Å².